The number of pyridine rings is 1. The van der Waals surface area contributed by atoms with Crippen molar-refractivity contribution in [2.24, 2.45) is 5.92 Å². The lowest BCUT2D eigenvalue weighted by Crippen LogP contribution is -2.29. The number of hydrogen-bond acceptors (Lipinski definition) is 4. The van der Waals surface area contributed by atoms with E-state index in [9.17, 15) is 9.90 Å². The van der Waals surface area contributed by atoms with E-state index >= 15 is 0 Å². The molecule has 25 heavy (non-hydrogen) atoms. The Bertz CT molecular complexity index is 739. The summed E-state index contributed by atoms with van der Waals surface area (Å²) in [6.07, 6.45) is 3.66. The monoisotopic (exact) mass is 360 g/mol. The lowest BCUT2D eigenvalue weighted by molar-refractivity contribution is 0.0764. The highest BCUT2D eigenvalue weighted by Gasteiger charge is 2.34. The first-order valence-corrected chi connectivity index (χ1v) is 8.75. The van der Waals surface area contributed by atoms with Crippen molar-refractivity contribution in [2.45, 2.75) is 19.4 Å². The van der Waals surface area contributed by atoms with Crippen LogP contribution in [-0.2, 0) is 6.42 Å². The SMILES string of the molecule is CCOc1ccc(C(=O)N2C[C@@H](Cc3ccncc3)[C@H](O)C2)cc1Cl. The summed E-state index contributed by atoms with van der Waals surface area (Å²) >= 11 is 6.17. The standard InChI is InChI=1S/C19H21ClN2O3/c1-2-25-18-4-3-14(10-16(18)20)19(24)22-11-15(17(23)12-22)9-13-5-7-21-8-6-13/h3-8,10,15,17,23H,2,9,11-12H2,1H3/t15-,17-/m1/s1. The second kappa shape index (κ2) is 7.85. The van der Waals surface area contributed by atoms with Gasteiger partial charge in [-0.2, -0.15) is 0 Å². The largest absolute Gasteiger partial charge is 0.492 e. The molecule has 1 aliphatic rings. The maximum Gasteiger partial charge on any atom is 0.254 e. The molecule has 1 saturated heterocycles. The van der Waals surface area contributed by atoms with Gasteiger partial charge in [-0.15, -0.1) is 0 Å². The van der Waals surface area contributed by atoms with E-state index < -0.39 is 6.10 Å². The summed E-state index contributed by atoms with van der Waals surface area (Å²) < 4.78 is 5.40. The van der Waals surface area contributed by atoms with Gasteiger partial charge in [-0.1, -0.05) is 11.6 Å². The minimum atomic E-state index is -0.532. The van der Waals surface area contributed by atoms with E-state index in [4.69, 9.17) is 16.3 Å². The average Bonchev–Trinajstić information content (AvgIpc) is 2.98. The van der Waals surface area contributed by atoms with E-state index in [1.54, 1.807) is 35.5 Å². The van der Waals surface area contributed by atoms with Gasteiger partial charge in [0.2, 0.25) is 0 Å². The van der Waals surface area contributed by atoms with Crippen LogP contribution in [0.25, 0.3) is 0 Å². The fourth-order valence-electron chi connectivity index (χ4n) is 3.13. The number of likely N-dealkylation sites (tertiary alicyclic amines) is 1. The first kappa shape index (κ1) is 17.7. The first-order chi connectivity index (χ1) is 12.1. The maximum atomic E-state index is 12.7. The highest BCUT2D eigenvalue weighted by atomic mass is 35.5. The predicted octanol–water partition coefficient (Wildman–Crippen LogP) is 2.81. The smallest absolute Gasteiger partial charge is 0.254 e. The van der Waals surface area contributed by atoms with Crippen LogP contribution in [0.3, 0.4) is 0 Å². The van der Waals surface area contributed by atoms with Crippen molar-refractivity contribution in [3.05, 3.63) is 58.9 Å². The molecule has 1 aromatic carbocycles. The number of benzene rings is 1. The van der Waals surface area contributed by atoms with E-state index in [0.29, 0.717) is 36.0 Å². The molecular formula is C19H21ClN2O3. The van der Waals surface area contributed by atoms with Crippen molar-refractivity contribution in [1.29, 1.82) is 0 Å². The van der Waals surface area contributed by atoms with Gasteiger partial charge in [0.05, 0.1) is 17.7 Å². The van der Waals surface area contributed by atoms with E-state index in [1.807, 2.05) is 19.1 Å². The first-order valence-electron chi connectivity index (χ1n) is 8.37. The molecule has 0 bridgehead atoms. The van der Waals surface area contributed by atoms with Crippen molar-refractivity contribution in [2.75, 3.05) is 19.7 Å². The number of halogens is 1. The van der Waals surface area contributed by atoms with Crippen molar-refractivity contribution in [3.8, 4) is 5.75 Å². The van der Waals surface area contributed by atoms with Gasteiger partial charge in [0.25, 0.3) is 5.91 Å². The number of amides is 1. The van der Waals surface area contributed by atoms with Crippen LogP contribution >= 0.6 is 11.6 Å². The van der Waals surface area contributed by atoms with E-state index in [2.05, 4.69) is 4.98 Å². The third-order valence-corrected chi connectivity index (χ3v) is 4.71. The Morgan fingerprint density at radius 3 is 2.76 bits per heavy atom. The van der Waals surface area contributed by atoms with Crippen molar-refractivity contribution in [3.63, 3.8) is 0 Å². The molecule has 1 amide bonds. The molecule has 1 N–H and O–H groups in total. The summed E-state index contributed by atoms with van der Waals surface area (Å²) in [6.45, 7) is 3.25. The Kier molecular flexibility index (Phi) is 5.56. The number of aliphatic hydroxyl groups is 1. The van der Waals surface area contributed by atoms with Crippen LogP contribution in [0.15, 0.2) is 42.7 Å². The third kappa shape index (κ3) is 4.11. The summed E-state index contributed by atoms with van der Waals surface area (Å²) in [5.41, 5.74) is 1.61. The Balaban J connectivity index is 1.68. The maximum absolute atomic E-state index is 12.7. The molecule has 132 valence electrons. The van der Waals surface area contributed by atoms with Gasteiger partial charge < -0.3 is 14.7 Å². The summed E-state index contributed by atoms with van der Waals surface area (Å²) in [4.78, 5) is 18.4. The van der Waals surface area contributed by atoms with Crippen LogP contribution in [0.1, 0.15) is 22.8 Å². The van der Waals surface area contributed by atoms with Crippen LogP contribution in [0.4, 0.5) is 0 Å². The molecule has 0 spiro atoms. The van der Waals surface area contributed by atoms with Gasteiger partial charge in [0.15, 0.2) is 0 Å². The number of nitrogens with zero attached hydrogens (tertiary/aromatic N) is 2. The molecule has 5 nitrogen and oxygen atoms in total. The molecule has 2 atom stereocenters. The summed E-state index contributed by atoms with van der Waals surface area (Å²) in [6, 6.07) is 8.91. The van der Waals surface area contributed by atoms with Crippen LogP contribution in [-0.4, -0.2) is 46.7 Å². The number of carbonyl (C=O) groups excluding carboxylic acids is 1. The average molecular weight is 361 g/mol. The molecule has 2 aromatic rings. The van der Waals surface area contributed by atoms with Gasteiger partial charge in [-0.3, -0.25) is 9.78 Å². The molecule has 1 fully saturated rings. The zero-order chi connectivity index (χ0) is 17.8. The topological polar surface area (TPSA) is 62.7 Å². The third-order valence-electron chi connectivity index (χ3n) is 4.42. The molecule has 1 aliphatic heterocycles. The van der Waals surface area contributed by atoms with Crippen LogP contribution in [0, 0.1) is 5.92 Å². The number of carbonyl (C=O) groups is 1. The molecule has 3 rings (SSSR count). The Labute approximate surface area is 152 Å². The van der Waals surface area contributed by atoms with E-state index in [-0.39, 0.29) is 11.8 Å². The van der Waals surface area contributed by atoms with Crippen molar-refractivity contribution in [1.82, 2.24) is 9.88 Å². The molecule has 0 aliphatic carbocycles. The zero-order valence-corrected chi connectivity index (χ0v) is 14.8. The lowest BCUT2D eigenvalue weighted by Gasteiger charge is -2.17. The van der Waals surface area contributed by atoms with Gasteiger partial charge in [-0.05, 0) is 49.2 Å². The highest BCUT2D eigenvalue weighted by molar-refractivity contribution is 6.32. The highest BCUT2D eigenvalue weighted by Crippen LogP contribution is 2.28. The Hall–Kier alpha value is -2.11. The second-order valence-corrected chi connectivity index (χ2v) is 6.58. The molecule has 2 heterocycles. The summed E-state index contributed by atoms with van der Waals surface area (Å²) in [5, 5.41) is 10.7. The fourth-order valence-corrected chi connectivity index (χ4v) is 3.37. The number of hydrogen-bond donors (Lipinski definition) is 1. The zero-order valence-electron chi connectivity index (χ0n) is 14.1. The molecular weight excluding hydrogens is 340 g/mol. The predicted molar refractivity (Wildman–Crippen MR) is 96.0 cm³/mol. The molecule has 0 unspecified atom stereocenters. The molecule has 0 radical (unpaired) electrons. The van der Waals surface area contributed by atoms with Crippen molar-refractivity contribution >= 4 is 17.5 Å². The minimum Gasteiger partial charge on any atom is -0.492 e. The van der Waals surface area contributed by atoms with Gasteiger partial charge in [-0.25, -0.2) is 0 Å². The number of rotatable bonds is 5. The number of aromatic nitrogens is 1. The molecule has 0 saturated carbocycles. The number of ether oxygens (including phenoxy) is 1. The Morgan fingerprint density at radius 1 is 1.32 bits per heavy atom. The van der Waals surface area contributed by atoms with Crippen molar-refractivity contribution < 1.29 is 14.6 Å². The Morgan fingerprint density at radius 2 is 2.08 bits per heavy atom. The molecule has 1 aromatic heterocycles. The minimum absolute atomic E-state index is 0.0181. The molecule has 6 heteroatoms. The quantitative estimate of drug-likeness (QED) is 0.890. The number of β-amino-alcohol motifs (C(OH)–C–C–N with tert-alkyl or cyclic N) is 1. The lowest BCUT2D eigenvalue weighted by atomic mass is 9.97. The van der Waals surface area contributed by atoms with Crippen LogP contribution in [0.5, 0.6) is 5.75 Å². The van der Waals surface area contributed by atoms with Crippen LogP contribution in [0.2, 0.25) is 5.02 Å². The summed E-state index contributed by atoms with van der Waals surface area (Å²) in [5.74, 6) is 0.462. The second-order valence-electron chi connectivity index (χ2n) is 6.18. The van der Waals surface area contributed by atoms with Gasteiger partial charge in [0.1, 0.15) is 5.75 Å². The number of aliphatic hydroxyl groups excluding tert-OH is 1. The van der Waals surface area contributed by atoms with E-state index in [1.165, 1.54) is 0 Å². The van der Waals surface area contributed by atoms with E-state index in [0.717, 1.165) is 12.0 Å². The van der Waals surface area contributed by atoms with Crippen LogP contribution < -0.4 is 4.74 Å². The normalized spacial score (nSPS) is 19.9. The fraction of sp³-hybridized carbons (Fsp3) is 0.368. The van der Waals surface area contributed by atoms with Gasteiger partial charge in [0, 0.05) is 37.0 Å². The summed E-state index contributed by atoms with van der Waals surface area (Å²) in [7, 11) is 0. The van der Waals surface area contributed by atoms with Gasteiger partial charge >= 0.3 is 0 Å².